The summed E-state index contributed by atoms with van der Waals surface area (Å²) in [6, 6.07) is 2.06. The molecular formula is C22H33NO2. The predicted molar refractivity (Wildman–Crippen MR) is 102 cm³/mol. The van der Waals surface area contributed by atoms with Gasteiger partial charge in [-0.05, 0) is 36.7 Å². The van der Waals surface area contributed by atoms with Crippen LogP contribution in [-0.4, -0.2) is 11.6 Å². The van der Waals surface area contributed by atoms with Gasteiger partial charge in [0.2, 0.25) is 0 Å². The Balaban J connectivity index is 0.000000730. The number of allylic oxidation sites excluding steroid dienone is 4. The molecule has 25 heavy (non-hydrogen) atoms. The molecule has 0 aromatic rings. The number of Topliss-reactive ketones (excluding diaryl/α,β-unsaturated/α-hetero) is 1. The summed E-state index contributed by atoms with van der Waals surface area (Å²) in [6.45, 7) is 14.3. The summed E-state index contributed by atoms with van der Waals surface area (Å²) in [5, 5.41) is 9.27. The first-order chi connectivity index (χ1) is 11.8. The van der Waals surface area contributed by atoms with Gasteiger partial charge < -0.3 is 0 Å². The van der Waals surface area contributed by atoms with Crippen LogP contribution in [0.1, 0.15) is 74.1 Å². The highest BCUT2D eigenvalue weighted by Crippen LogP contribution is 2.61. The normalized spacial score (nSPS) is 36.1. The van der Waals surface area contributed by atoms with Crippen molar-refractivity contribution in [1.29, 1.82) is 5.26 Å². The molecule has 3 heteroatoms. The number of ketones is 2. The van der Waals surface area contributed by atoms with E-state index < -0.39 is 0 Å². The second kappa shape index (κ2) is 8.13. The van der Waals surface area contributed by atoms with E-state index in [9.17, 15) is 14.9 Å². The van der Waals surface area contributed by atoms with Crippen LogP contribution in [0.5, 0.6) is 0 Å². The molecule has 4 unspecified atom stereocenters. The first kappa shape index (κ1) is 21.4. The van der Waals surface area contributed by atoms with Crippen LogP contribution in [0, 0.1) is 34.0 Å². The van der Waals surface area contributed by atoms with Gasteiger partial charge in [0.05, 0.1) is 5.57 Å². The quantitative estimate of drug-likeness (QED) is 0.590. The number of fused-ring (bicyclic) bond motifs is 3. The first-order valence-electron chi connectivity index (χ1n) is 9.74. The molecule has 1 saturated carbocycles. The molecule has 0 spiro atoms. The van der Waals surface area contributed by atoms with Crippen LogP contribution < -0.4 is 0 Å². The Morgan fingerprint density at radius 3 is 2.28 bits per heavy atom. The maximum atomic E-state index is 12.3. The highest BCUT2D eigenvalue weighted by molar-refractivity contribution is 6.02. The molecule has 0 saturated heterocycles. The monoisotopic (exact) mass is 343 g/mol. The van der Waals surface area contributed by atoms with Crippen molar-refractivity contribution in [3.8, 4) is 6.07 Å². The second-order valence-corrected chi connectivity index (χ2v) is 7.34. The summed E-state index contributed by atoms with van der Waals surface area (Å²) < 4.78 is 0. The van der Waals surface area contributed by atoms with E-state index in [1.807, 2.05) is 46.8 Å². The van der Waals surface area contributed by atoms with Crippen molar-refractivity contribution in [2.24, 2.45) is 22.7 Å². The third kappa shape index (κ3) is 3.50. The van der Waals surface area contributed by atoms with E-state index in [4.69, 9.17) is 0 Å². The average molecular weight is 344 g/mol. The van der Waals surface area contributed by atoms with E-state index in [1.54, 1.807) is 0 Å². The minimum atomic E-state index is -0.332. The van der Waals surface area contributed by atoms with Crippen LogP contribution in [0.3, 0.4) is 0 Å². The van der Waals surface area contributed by atoms with Gasteiger partial charge in [-0.25, -0.2) is 0 Å². The molecule has 0 bridgehead atoms. The number of carbonyl (C=O) groups is 2. The maximum absolute atomic E-state index is 12.3. The van der Waals surface area contributed by atoms with Crippen molar-refractivity contribution in [2.75, 3.05) is 0 Å². The molecule has 0 aliphatic heterocycles. The van der Waals surface area contributed by atoms with E-state index in [0.29, 0.717) is 6.42 Å². The molecule has 1 fully saturated rings. The number of carbonyl (C=O) groups excluding carboxylic acids is 2. The molecule has 3 aliphatic carbocycles. The lowest BCUT2D eigenvalue weighted by Crippen LogP contribution is -2.49. The molecule has 0 radical (unpaired) electrons. The Morgan fingerprint density at radius 1 is 1.12 bits per heavy atom. The molecule has 0 aromatic carbocycles. The first-order valence-corrected chi connectivity index (χ1v) is 9.74. The van der Waals surface area contributed by atoms with Crippen LogP contribution in [0.25, 0.3) is 0 Å². The number of hydrogen-bond acceptors (Lipinski definition) is 3. The molecule has 0 amide bonds. The molecule has 0 heterocycles. The number of hydrogen-bond donors (Lipinski definition) is 0. The Labute approximate surface area is 153 Å². The zero-order valence-electron chi connectivity index (χ0n) is 16.9. The lowest BCUT2D eigenvalue weighted by atomic mass is 9.48. The summed E-state index contributed by atoms with van der Waals surface area (Å²) in [4.78, 5) is 24.2. The van der Waals surface area contributed by atoms with Crippen LogP contribution in [0.4, 0.5) is 0 Å². The van der Waals surface area contributed by atoms with Crippen molar-refractivity contribution < 1.29 is 9.59 Å². The van der Waals surface area contributed by atoms with Gasteiger partial charge in [0.1, 0.15) is 6.07 Å². The summed E-state index contributed by atoms with van der Waals surface area (Å²) in [5.41, 5.74) is 1.12. The largest absolute Gasteiger partial charge is 0.295 e. The molecule has 3 rings (SSSR count). The third-order valence-electron chi connectivity index (χ3n) is 6.08. The molecule has 138 valence electrons. The Bertz CT molecular complexity index is 637. The zero-order chi connectivity index (χ0) is 19.4. The second-order valence-electron chi connectivity index (χ2n) is 7.34. The molecule has 3 aliphatic rings. The van der Waals surface area contributed by atoms with Gasteiger partial charge in [-0.1, -0.05) is 60.1 Å². The van der Waals surface area contributed by atoms with E-state index in [2.05, 4.69) is 19.9 Å². The fourth-order valence-corrected chi connectivity index (χ4v) is 4.82. The van der Waals surface area contributed by atoms with Gasteiger partial charge in [-0.2, -0.15) is 5.26 Å². The summed E-state index contributed by atoms with van der Waals surface area (Å²) in [7, 11) is 0. The molecule has 3 nitrogen and oxygen atoms in total. The van der Waals surface area contributed by atoms with E-state index in [0.717, 1.165) is 24.8 Å². The number of nitriles is 1. The topological polar surface area (TPSA) is 57.9 Å². The van der Waals surface area contributed by atoms with Gasteiger partial charge in [-0.15, -0.1) is 0 Å². The van der Waals surface area contributed by atoms with Gasteiger partial charge in [0.15, 0.2) is 11.6 Å². The van der Waals surface area contributed by atoms with Crippen molar-refractivity contribution >= 4 is 11.6 Å². The lowest BCUT2D eigenvalue weighted by Gasteiger charge is -2.55. The minimum absolute atomic E-state index is 0.0358. The Morgan fingerprint density at radius 2 is 1.72 bits per heavy atom. The fraction of sp³-hybridized carbons (Fsp3) is 0.682. The third-order valence-corrected chi connectivity index (χ3v) is 6.08. The lowest BCUT2D eigenvalue weighted by molar-refractivity contribution is -0.123. The summed E-state index contributed by atoms with van der Waals surface area (Å²) in [6.07, 6.45) is 7.17. The highest BCUT2D eigenvalue weighted by Gasteiger charge is 2.54. The van der Waals surface area contributed by atoms with Gasteiger partial charge in [-0.3, -0.25) is 9.59 Å². The van der Waals surface area contributed by atoms with Crippen LogP contribution >= 0.6 is 0 Å². The van der Waals surface area contributed by atoms with Crippen molar-refractivity contribution in [2.45, 2.75) is 74.1 Å². The van der Waals surface area contributed by atoms with Gasteiger partial charge in [0, 0.05) is 17.8 Å². The van der Waals surface area contributed by atoms with Gasteiger partial charge in [0.25, 0.3) is 0 Å². The van der Waals surface area contributed by atoms with Crippen LogP contribution in [0.2, 0.25) is 0 Å². The van der Waals surface area contributed by atoms with Crippen molar-refractivity contribution in [1.82, 2.24) is 0 Å². The van der Waals surface area contributed by atoms with E-state index in [1.165, 1.54) is 0 Å². The average Bonchev–Trinajstić information content (AvgIpc) is 2.63. The molecule has 0 aromatic heterocycles. The van der Waals surface area contributed by atoms with Crippen molar-refractivity contribution in [3.63, 3.8) is 0 Å². The zero-order valence-corrected chi connectivity index (χ0v) is 16.9. The smallest absolute Gasteiger partial charge is 0.176 e. The minimum Gasteiger partial charge on any atom is -0.295 e. The van der Waals surface area contributed by atoms with E-state index in [-0.39, 0.29) is 39.8 Å². The molecular weight excluding hydrogens is 310 g/mol. The number of rotatable bonds is 0. The predicted octanol–water partition coefficient (Wildman–Crippen LogP) is 5.42. The Kier molecular flexibility index (Phi) is 6.94. The number of nitrogens with zero attached hydrogens (tertiary/aromatic N) is 1. The Hall–Kier alpha value is -1.69. The van der Waals surface area contributed by atoms with Crippen LogP contribution in [-0.2, 0) is 9.59 Å². The summed E-state index contributed by atoms with van der Waals surface area (Å²) >= 11 is 0. The van der Waals surface area contributed by atoms with Gasteiger partial charge >= 0.3 is 0 Å². The SMILES string of the molecule is CC.CC.CC1C(=O)C(C#N)=CC2(C)C3=CC(=O)CCC3(C)CCC12. The van der Waals surface area contributed by atoms with Crippen molar-refractivity contribution in [3.05, 3.63) is 23.3 Å². The highest BCUT2D eigenvalue weighted by atomic mass is 16.1. The summed E-state index contributed by atoms with van der Waals surface area (Å²) in [5.74, 6) is 0.205. The van der Waals surface area contributed by atoms with E-state index >= 15 is 0 Å². The molecule has 4 atom stereocenters. The standard InChI is InChI=1S/C18H21NO2.2C2H6/c1-11-14-5-7-17(2)6-4-13(20)8-15(17)18(14,3)9-12(10-19)16(11)21;2*1-2/h8-9,11,14H,4-7H2,1-3H3;2*1-2H3. The molecule has 0 N–H and O–H groups in total. The van der Waals surface area contributed by atoms with Crippen LogP contribution in [0.15, 0.2) is 23.3 Å². The maximum Gasteiger partial charge on any atom is 0.176 e. The fourth-order valence-electron chi connectivity index (χ4n) is 4.82.